The van der Waals surface area contributed by atoms with Gasteiger partial charge in [-0.2, -0.15) is 11.8 Å². The zero-order valence-corrected chi connectivity index (χ0v) is 10.9. The smallest absolute Gasteiger partial charge is 0.270 e. The topological polar surface area (TPSA) is 42.3 Å². The van der Waals surface area contributed by atoms with Gasteiger partial charge in [0.05, 0.1) is 0 Å². The molecule has 0 aliphatic carbocycles. The molecule has 1 amide bonds. The minimum Gasteiger partial charge on any atom is -0.344 e. The lowest BCUT2D eigenvalue weighted by atomic mass is 10.2. The van der Waals surface area contributed by atoms with Crippen molar-refractivity contribution in [1.82, 2.24) is 9.47 Å². The van der Waals surface area contributed by atoms with Crippen LogP contribution in [0.1, 0.15) is 16.2 Å². The highest BCUT2D eigenvalue weighted by atomic mass is 32.2. The van der Waals surface area contributed by atoms with Crippen LogP contribution in [-0.2, 0) is 7.05 Å². The van der Waals surface area contributed by atoms with E-state index >= 15 is 0 Å². The Morgan fingerprint density at radius 3 is 2.59 bits per heavy atom. The highest BCUT2D eigenvalue weighted by Crippen LogP contribution is 2.12. The van der Waals surface area contributed by atoms with Gasteiger partial charge in [-0.25, -0.2) is 0 Å². The van der Waals surface area contributed by atoms with E-state index in [0.717, 1.165) is 30.3 Å². The van der Waals surface area contributed by atoms with E-state index in [0.29, 0.717) is 5.69 Å². The maximum Gasteiger partial charge on any atom is 0.270 e. The fourth-order valence-corrected chi connectivity index (χ4v) is 2.80. The van der Waals surface area contributed by atoms with E-state index in [4.69, 9.17) is 0 Å². The van der Waals surface area contributed by atoms with Gasteiger partial charge >= 0.3 is 0 Å². The molecular formula is C12H16N2O2S. The molecule has 0 aromatic carbocycles. The maximum atomic E-state index is 12.3. The summed E-state index contributed by atoms with van der Waals surface area (Å²) in [6.07, 6.45) is 0. The van der Waals surface area contributed by atoms with Crippen LogP contribution in [0.25, 0.3) is 0 Å². The molecule has 0 bridgehead atoms. The summed E-state index contributed by atoms with van der Waals surface area (Å²) < 4.78 is 1.78. The Balaban J connectivity index is 2.33. The van der Waals surface area contributed by atoms with Gasteiger partial charge in [-0.15, -0.1) is 0 Å². The molecule has 2 rings (SSSR count). The lowest BCUT2D eigenvalue weighted by Gasteiger charge is -2.27. The number of amides is 1. The molecule has 1 fully saturated rings. The molecule has 5 heteroatoms. The summed E-state index contributed by atoms with van der Waals surface area (Å²) in [7, 11) is 1.82. The van der Waals surface area contributed by atoms with Gasteiger partial charge in [0.15, 0.2) is 5.43 Å². The fraction of sp³-hybridized carbons (Fsp3) is 0.500. The third-order valence-corrected chi connectivity index (χ3v) is 3.98. The van der Waals surface area contributed by atoms with Crippen molar-refractivity contribution < 1.29 is 4.79 Å². The monoisotopic (exact) mass is 252 g/mol. The molecule has 0 atom stereocenters. The standard InChI is InChI=1S/C12H16N2O2S/c1-9-7-10(15)8-11(13(9)2)12(16)14-3-5-17-6-4-14/h7-8H,3-6H2,1-2H3. The largest absolute Gasteiger partial charge is 0.344 e. The van der Waals surface area contributed by atoms with Gasteiger partial charge in [0.2, 0.25) is 0 Å². The second kappa shape index (κ2) is 4.96. The van der Waals surface area contributed by atoms with Gasteiger partial charge in [0.25, 0.3) is 5.91 Å². The molecule has 1 aliphatic rings. The Morgan fingerprint density at radius 2 is 1.94 bits per heavy atom. The van der Waals surface area contributed by atoms with E-state index in [2.05, 4.69) is 0 Å². The second-order valence-corrected chi connectivity index (χ2v) is 5.41. The van der Waals surface area contributed by atoms with Crippen LogP contribution in [0.15, 0.2) is 16.9 Å². The van der Waals surface area contributed by atoms with Crippen molar-refractivity contribution in [3.05, 3.63) is 33.7 Å². The van der Waals surface area contributed by atoms with Crippen LogP contribution >= 0.6 is 11.8 Å². The quantitative estimate of drug-likeness (QED) is 0.745. The van der Waals surface area contributed by atoms with Gasteiger partial charge in [-0.3, -0.25) is 9.59 Å². The molecule has 0 radical (unpaired) electrons. The minimum atomic E-state index is -0.102. The summed E-state index contributed by atoms with van der Waals surface area (Å²) in [5, 5.41) is 0. The molecule has 1 saturated heterocycles. The average molecular weight is 252 g/mol. The number of rotatable bonds is 1. The molecule has 0 spiro atoms. The Morgan fingerprint density at radius 1 is 1.29 bits per heavy atom. The number of nitrogens with zero attached hydrogens (tertiary/aromatic N) is 2. The van der Waals surface area contributed by atoms with Crippen LogP contribution in [0.5, 0.6) is 0 Å². The zero-order chi connectivity index (χ0) is 12.4. The second-order valence-electron chi connectivity index (χ2n) is 4.18. The minimum absolute atomic E-state index is 0.0337. The first kappa shape index (κ1) is 12.2. The van der Waals surface area contributed by atoms with Crippen molar-refractivity contribution >= 4 is 17.7 Å². The molecule has 0 unspecified atom stereocenters. The lowest BCUT2D eigenvalue weighted by molar-refractivity contribution is 0.0761. The van der Waals surface area contributed by atoms with Gasteiger partial charge in [-0.1, -0.05) is 0 Å². The van der Waals surface area contributed by atoms with Gasteiger partial charge < -0.3 is 9.47 Å². The van der Waals surface area contributed by atoms with Gasteiger partial charge in [0, 0.05) is 49.5 Å². The molecule has 4 nitrogen and oxygen atoms in total. The third-order valence-electron chi connectivity index (χ3n) is 3.04. The number of pyridine rings is 1. The SMILES string of the molecule is Cc1cc(=O)cc(C(=O)N2CCSCC2)n1C. The number of carbonyl (C=O) groups is 1. The number of hydrogen-bond acceptors (Lipinski definition) is 3. The number of carbonyl (C=O) groups excluding carboxylic acids is 1. The van der Waals surface area contributed by atoms with Crippen molar-refractivity contribution in [3.8, 4) is 0 Å². The zero-order valence-electron chi connectivity index (χ0n) is 10.1. The van der Waals surface area contributed by atoms with E-state index in [1.54, 1.807) is 10.6 Å². The van der Waals surface area contributed by atoms with Crippen LogP contribution in [0.3, 0.4) is 0 Å². The van der Waals surface area contributed by atoms with Crippen molar-refractivity contribution in [2.45, 2.75) is 6.92 Å². The van der Waals surface area contributed by atoms with Gasteiger partial charge in [-0.05, 0) is 6.92 Å². The molecule has 1 aromatic heterocycles. The average Bonchev–Trinajstić information content (AvgIpc) is 2.34. The summed E-state index contributed by atoms with van der Waals surface area (Å²) in [5.74, 6) is 1.92. The van der Waals surface area contributed by atoms with E-state index in [1.165, 1.54) is 6.07 Å². The summed E-state index contributed by atoms with van der Waals surface area (Å²) in [5.41, 5.74) is 1.20. The van der Waals surface area contributed by atoms with Gasteiger partial charge in [0.1, 0.15) is 5.69 Å². The summed E-state index contributed by atoms with van der Waals surface area (Å²) >= 11 is 1.86. The number of aryl methyl sites for hydroxylation is 1. The highest BCUT2D eigenvalue weighted by molar-refractivity contribution is 7.99. The number of aromatic nitrogens is 1. The first-order chi connectivity index (χ1) is 8.09. The summed E-state index contributed by atoms with van der Waals surface area (Å²) in [6.45, 7) is 3.38. The molecule has 17 heavy (non-hydrogen) atoms. The number of hydrogen-bond donors (Lipinski definition) is 0. The van der Waals surface area contributed by atoms with Crippen molar-refractivity contribution in [3.63, 3.8) is 0 Å². The molecule has 1 aliphatic heterocycles. The molecular weight excluding hydrogens is 236 g/mol. The van der Waals surface area contributed by atoms with Crippen LogP contribution in [-0.4, -0.2) is 40.0 Å². The number of thioether (sulfide) groups is 1. The Kier molecular flexibility index (Phi) is 3.57. The third kappa shape index (κ3) is 2.54. The normalized spacial score (nSPS) is 16.0. The lowest BCUT2D eigenvalue weighted by Crippen LogP contribution is -2.39. The molecule has 92 valence electrons. The Hall–Kier alpha value is -1.23. The fourth-order valence-electron chi connectivity index (χ4n) is 1.90. The van der Waals surface area contributed by atoms with E-state index in [1.807, 2.05) is 30.6 Å². The van der Waals surface area contributed by atoms with E-state index in [-0.39, 0.29) is 11.3 Å². The maximum absolute atomic E-state index is 12.3. The van der Waals surface area contributed by atoms with Crippen LogP contribution in [0.4, 0.5) is 0 Å². The first-order valence-electron chi connectivity index (χ1n) is 5.64. The van der Waals surface area contributed by atoms with Crippen molar-refractivity contribution in [1.29, 1.82) is 0 Å². The van der Waals surface area contributed by atoms with Crippen molar-refractivity contribution in [2.75, 3.05) is 24.6 Å². The first-order valence-corrected chi connectivity index (χ1v) is 6.80. The molecule has 2 heterocycles. The molecule has 0 N–H and O–H groups in total. The van der Waals surface area contributed by atoms with E-state index < -0.39 is 0 Å². The molecule has 0 saturated carbocycles. The highest BCUT2D eigenvalue weighted by Gasteiger charge is 2.20. The Bertz CT molecular complexity index is 490. The van der Waals surface area contributed by atoms with Crippen LogP contribution in [0, 0.1) is 6.92 Å². The van der Waals surface area contributed by atoms with Crippen LogP contribution < -0.4 is 5.43 Å². The summed E-state index contributed by atoms with van der Waals surface area (Å²) in [4.78, 5) is 25.6. The predicted molar refractivity (Wildman–Crippen MR) is 69.6 cm³/mol. The van der Waals surface area contributed by atoms with Crippen LogP contribution in [0.2, 0.25) is 0 Å². The Labute approximate surface area is 105 Å². The van der Waals surface area contributed by atoms with E-state index in [9.17, 15) is 9.59 Å². The molecule has 1 aromatic rings. The predicted octanol–water partition coefficient (Wildman–Crippen LogP) is 0.883. The van der Waals surface area contributed by atoms with Crippen molar-refractivity contribution in [2.24, 2.45) is 7.05 Å². The summed E-state index contributed by atoms with van der Waals surface area (Å²) in [6, 6.07) is 2.97.